The Morgan fingerprint density at radius 2 is 1.95 bits per heavy atom. The molecule has 5 atom stereocenters. The average molecular weight is 549 g/mol. The van der Waals surface area contributed by atoms with Gasteiger partial charge in [0.15, 0.2) is 0 Å². The maximum absolute atomic E-state index is 16.0. The van der Waals surface area contributed by atoms with Gasteiger partial charge in [-0.3, -0.25) is 4.79 Å². The summed E-state index contributed by atoms with van der Waals surface area (Å²) in [6.45, 7) is 8.36. The number of nitrogens with zero attached hydrogens (tertiary/aromatic N) is 1. The van der Waals surface area contributed by atoms with Crippen molar-refractivity contribution >= 4 is 29.1 Å². The Labute approximate surface area is 227 Å². The highest BCUT2D eigenvalue weighted by Crippen LogP contribution is 2.61. The molecule has 2 aliphatic rings. The molecule has 8 heteroatoms. The Morgan fingerprint density at radius 1 is 1.24 bits per heavy atom. The van der Waals surface area contributed by atoms with Crippen molar-refractivity contribution in [3.8, 4) is 6.07 Å². The molecule has 0 aromatic heterocycles. The number of likely N-dealkylation sites (N-methyl/N-ethyl adjacent to an activating group) is 1. The van der Waals surface area contributed by atoms with Crippen molar-refractivity contribution in [1.29, 1.82) is 5.26 Å². The molecule has 37 heavy (non-hydrogen) atoms. The van der Waals surface area contributed by atoms with Gasteiger partial charge >= 0.3 is 0 Å². The van der Waals surface area contributed by atoms with E-state index < -0.39 is 41.0 Å². The van der Waals surface area contributed by atoms with Crippen LogP contribution >= 0.6 is 23.2 Å². The lowest BCUT2D eigenvalue weighted by Crippen LogP contribution is -2.51. The number of carbonyl (C=O) groups excluding carboxylic acids is 1. The van der Waals surface area contributed by atoms with E-state index in [1.807, 2.05) is 6.92 Å². The van der Waals surface area contributed by atoms with Gasteiger partial charge in [0.05, 0.1) is 23.1 Å². The monoisotopic (exact) mass is 547 g/mol. The number of hydrogen-bond donors (Lipinski definition) is 2. The predicted octanol–water partition coefficient (Wildman–Crippen LogP) is 6.76. The van der Waals surface area contributed by atoms with Crippen LogP contribution in [0.25, 0.3) is 0 Å². The molecular weight excluding hydrogens is 515 g/mol. The molecule has 2 fully saturated rings. The molecule has 0 spiro atoms. The molecule has 0 bridgehead atoms. The number of halogens is 4. The number of nitriles is 1. The lowest BCUT2D eigenvalue weighted by molar-refractivity contribution is -0.123. The molecule has 4 nitrogen and oxygen atoms in total. The predicted molar refractivity (Wildman–Crippen MR) is 143 cm³/mol. The van der Waals surface area contributed by atoms with Crippen LogP contribution in [0.3, 0.4) is 0 Å². The van der Waals surface area contributed by atoms with Crippen molar-refractivity contribution in [2.75, 3.05) is 6.54 Å². The lowest BCUT2D eigenvalue weighted by Gasteiger charge is -2.46. The van der Waals surface area contributed by atoms with E-state index in [-0.39, 0.29) is 38.4 Å². The highest BCUT2D eigenvalue weighted by atomic mass is 35.5. The van der Waals surface area contributed by atoms with E-state index in [4.69, 9.17) is 23.2 Å². The largest absolute Gasteiger partial charge is 0.355 e. The Bertz CT molecular complexity index is 1220. The van der Waals surface area contributed by atoms with Gasteiger partial charge in [-0.05, 0) is 66.8 Å². The highest BCUT2D eigenvalue weighted by Gasteiger charge is 2.65. The van der Waals surface area contributed by atoms with Crippen molar-refractivity contribution in [2.45, 2.75) is 70.4 Å². The van der Waals surface area contributed by atoms with Crippen LogP contribution in [-0.2, 0) is 10.2 Å². The molecule has 1 saturated carbocycles. The topological polar surface area (TPSA) is 64.9 Å². The van der Waals surface area contributed by atoms with E-state index in [0.29, 0.717) is 13.0 Å². The highest BCUT2D eigenvalue weighted by molar-refractivity contribution is 6.31. The fraction of sp³-hybridized carbons (Fsp3) is 0.517. The van der Waals surface area contributed by atoms with Crippen LogP contribution in [0.2, 0.25) is 10.0 Å². The smallest absolute Gasteiger partial charge is 0.237 e. The first kappa shape index (κ1) is 27.8. The molecule has 4 rings (SSSR count). The third-order valence-electron chi connectivity index (χ3n) is 7.72. The Kier molecular flexibility index (Phi) is 7.91. The maximum Gasteiger partial charge on any atom is 0.237 e. The van der Waals surface area contributed by atoms with Gasteiger partial charge in [0.25, 0.3) is 0 Å². The minimum absolute atomic E-state index is 0.00192. The van der Waals surface area contributed by atoms with Gasteiger partial charge in [0.2, 0.25) is 5.91 Å². The fourth-order valence-electron chi connectivity index (χ4n) is 6.30. The second-order valence-electron chi connectivity index (χ2n) is 11.5. The van der Waals surface area contributed by atoms with E-state index >= 15 is 8.78 Å². The Balaban J connectivity index is 2.12. The molecule has 1 aliphatic heterocycles. The minimum Gasteiger partial charge on any atom is -0.355 e. The summed E-state index contributed by atoms with van der Waals surface area (Å²) >= 11 is 12.4. The van der Waals surface area contributed by atoms with Gasteiger partial charge in [-0.1, -0.05) is 62.2 Å². The molecule has 1 heterocycles. The van der Waals surface area contributed by atoms with Crippen molar-refractivity contribution in [1.82, 2.24) is 10.6 Å². The molecule has 1 aliphatic carbocycles. The van der Waals surface area contributed by atoms with Gasteiger partial charge in [-0.25, -0.2) is 8.78 Å². The van der Waals surface area contributed by atoms with Gasteiger partial charge in [-0.2, -0.15) is 5.26 Å². The molecule has 2 aromatic rings. The molecule has 1 saturated heterocycles. The first-order valence-corrected chi connectivity index (χ1v) is 13.5. The standard InChI is InChI=1S/C29H33Cl2F2N3O/c1-5-35-27(37)26-24(18-7-6-8-21(31)25(18)33)29(20(15-34)16-9-10-16,23(36-26)14-28(2,3)4)19-12-11-17(30)13-22(19)32/h6-8,11-13,16,20,23-24,26,36H,5,9-10,14H2,1-4H3,(H,35,37)/t20?,23-,24-,26+,29+/m0/s1. The summed E-state index contributed by atoms with van der Waals surface area (Å²) in [4.78, 5) is 13.6. The van der Waals surface area contributed by atoms with Gasteiger partial charge in [0, 0.05) is 28.9 Å². The summed E-state index contributed by atoms with van der Waals surface area (Å²) in [5.74, 6) is -3.13. The van der Waals surface area contributed by atoms with Crippen LogP contribution in [-0.4, -0.2) is 24.5 Å². The Morgan fingerprint density at radius 3 is 2.51 bits per heavy atom. The second kappa shape index (κ2) is 10.5. The molecule has 2 N–H and O–H groups in total. The fourth-order valence-corrected chi connectivity index (χ4v) is 6.64. The van der Waals surface area contributed by atoms with Crippen molar-refractivity contribution < 1.29 is 13.6 Å². The zero-order chi connectivity index (χ0) is 27.1. The quantitative estimate of drug-likeness (QED) is 0.402. The number of amides is 1. The van der Waals surface area contributed by atoms with Crippen molar-refractivity contribution in [3.05, 3.63) is 69.2 Å². The molecule has 1 amide bonds. The third kappa shape index (κ3) is 5.11. The summed E-state index contributed by atoms with van der Waals surface area (Å²) in [6.07, 6.45) is 2.15. The van der Waals surface area contributed by atoms with Crippen molar-refractivity contribution in [3.63, 3.8) is 0 Å². The average Bonchev–Trinajstić information content (AvgIpc) is 3.59. The van der Waals surface area contributed by atoms with E-state index in [9.17, 15) is 10.1 Å². The number of carbonyl (C=O) groups is 1. The number of rotatable bonds is 7. The summed E-state index contributed by atoms with van der Waals surface area (Å²) in [6, 6.07) is 10.2. The van der Waals surface area contributed by atoms with Crippen LogP contribution in [0.4, 0.5) is 8.78 Å². The Hall–Kier alpha value is -2.20. The van der Waals surface area contributed by atoms with E-state index in [1.54, 1.807) is 24.3 Å². The van der Waals surface area contributed by atoms with Gasteiger partial charge in [0.1, 0.15) is 11.6 Å². The van der Waals surface area contributed by atoms with Crippen molar-refractivity contribution in [2.24, 2.45) is 17.3 Å². The summed E-state index contributed by atoms with van der Waals surface area (Å²) < 4.78 is 31.9. The van der Waals surface area contributed by atoms with Crippen LogP contribution in [0.1, 0.15) is 64.0 Å². The number of nitrogens with one attached hydrogen (secondary N) is 2. The molecule has 1 unspecified atom stereocenters. The van der Waals surface area contributed by atoms with Crippen LogP contribution < -0.4 is 10.6 Å². The van der Waals surface area contributed by atoms with Gasteiger partial charge < -0.3 is 10.6 Å². The van der Waals surface area contributed by atoms with E-state index in [0.717, 1.165) is 12.8 Å². The van der Waals surface area contributed by atoms with Gasteiger partial charge in [-0.15, -0.1) is 0 Å². The normalized spacial score (nSPS) is 26.5. The number of hydrogen-bond acceptors (Lipinski definition) is 3. The summed E-state index contributed by atoms with van der Waals surface area (Å²) in [5.41, 5.74) is -1.04. The molecule has 198 valence electrons. The zero-order valence-corrected chi connectivity index (χ0v) is 23.1. The SMILES string of the molecule is CCNC(=O)[C@@H]1N[C@@H](CC(C)(C)C)[C@@](c2ccc(Cl)cc2F)(C(C#N)C2CC2)[C@H]1c1cccc(Cl)c1F. The second-order valence-corrected chi connectivity index (χ2v) is 12.3. The maximum atomic E-state index is 16.0. The summed E-state index contributed by atoms with van der Waals surface area (Å²) in [5, 5.41) is 17.1. The zero-order valence-electron chi connectivity index (χ0n) is 21.5. The summed E-state index contributed by atoms with van der Waals surface area (Å²) in [7, 11) is 0. The molecular formula is C29H33Cl2F2N3O. The number of benzene rings is 2. The first-order valence-electron chi connectivity index (χ1n) is 12.8. The van der Waals surface area contributed by atoms with Crippen LogP contribution in [0.5, 0.6) is 0 Å². The third-order valence-corrected chi connectivity index (χ3v) is 8.24. The first-order chi connectivity index (χ1) is 17.4. The lowest BCUT2D eigenvalue weighted by atomic mass is 9.55. The van der Waals surface area contributed by atoms with E-state index in [2.05, 4.69) is 37.5 Å². The molecule has 0 radical (unpaired) electrons. The van der Waals surface area contributed by atoms with Crippen LogP contribution in [0, 0.1) is 40.2 Å². The minimum atomic E-state index is -1.26. The van der Waals surface area contributed by atoms with E-state index in [1.165, 1.54) is 12.1 Å². The van der Waals surface area contributed by atoms with Crippen LogP contribution in [0.15, 0.2) is 36.4 Å². The molecule has 2 aromatic carbocycles.